The van der Waals surface area contributed by atoms with Crippen LogP contribution in [-0.2, 0) is 7.05 Å². The summed E-state index contributed by atoms with van der Waals surface area (Å²) in [4.78, 5) is 16.4. The summed E-state index contributed by atoms with van der Waals surface area (Å²) in [5.41, 5.74) is 0.933. The molecule has 0 unspecified atom stereocenters. The second-order valence-electron chi connectivity index (χ2n) is 5.25. The largest absolute Gasteiger partial charge is 0.406 e. The highest BCUT2D eigenvalue weighted by molar-refractivity contribution is 5.55. The van der Waals surface area contributed by atoms with E-state index in [9.17, 15) is 14.5 Å². The molecule has 0 N–H and O–H groups in total. The Balaban J connectivity index is 1.85. The van der Waals surface area contributed by atoms with Crippen LogP contribution in [0.1, 0.15) is 17.9 Å². The Morgan fingerprint density at radius 1 is 1.48 bits per heavy atom. The summed E-state index contributed by atoms with van der Waals surface area (Å²) in [6, 6.07) is 6.54. The fourth-order valence-electron chi connectivity index (χ4n) is 2.89. The summed E-state index contributed by atoms with van der Waals surface area (Å²) in [6.45, 7) is 1.32. The predicted octanol–water partition coefficient (Wildman–Crippen LogP) is 2.46. The van der Waals surface area contributed by atoms with Gasteiger partial charge in [0, 0.05) is 26.1 Å². The van der Waals surface area contributed by atoms with Crippen LogP contribution in [0, 0.1) is 15.9 Å². The Labute approximate surface area is 121 Å². The van der Waals surface area contributed by atoms with Gasteiger partial charge >= 0.3 is 5.82 Å². The Kier molecular flexibility index (Phi) is 3.32. The SMILES string of the molecule is Cn1cnc([N+](=O)[O-])c1N1CC[C@@H](c2cccc(F)c2)C1. The van der Waals surface area contributed by atoms with Gasteiger partial charge in [0.15, 0.2) is 0 Å². The molecule has 1 aliphatic rings. The van der Waals surface area contributed by atoms with Gasteiger partial charge in [-0.2, -0.15) is 0 Å². The van der Waals surface area contributed by atoms with Gasteiger partial charge in [0.25, 0.3) is 0 Å². The van der Waals surface area contributed by atoms with Crippen LogP contribution >= 0.6 is 0 Å². The first kappa shape index (κ1) is 13.5. The van der Waals surface area contributed by atoms with Gasteiger partial charge in [0.2, 0.25) is 12.1 Å². The van der Waals surface area contributed by atoms with Crippen molar-refractivity contribution in [2.24, 2.45) is 7.05 Å². The van der Waals surface area contributed by atoms with E-state index in [4.69, 9.17) is 0 Å². The van der Waals surface area contributed by atoms with Crippen LogP contribution in [0.5, 0.6) is 0 Å². The summed E-state index contributed by atoms with van der Waals surface area (Å²) < 4.78 is 15.0. The molecule has 6 nitrogen and oxygen atoms in total. The summed E-state index contributed by atoms with van der Waals surface area (Å²) in [5, 5.41) is 11.0. The Morgan fingerprint density at radius 2 is 2.29 bits per heavy atom. The first-order valence-electron chi connectivity index (χ1n) is 6.72. The molecule has 0 saturated carbocycles. The lowest BCUT2D eigenvalue weighted by molar-refractivity contribution is -0.388. The zero-order chi connectivity index (χ0) is 15.0. The van der Waals surface area contributed by atoms with Crippen molar-refractivity contribution in [2.45, 2.75) is 12.3 Å². The Bertz CT molecular complexity index is 685. The van der Waals surface area contributed by atoms with Crippen molar-refractivity contribution in [2.75, 3.05) is 18.0 Å². The molecule has 2 heterocycles. The van der Waals surface area contributed by atoms with Crippen LogP contribution in [0.3, 0.4) is 0 Å². The van der Waals surface area contributed by atoms with Gasteiger partial charge in [-0.05, 0) is 34.0 Å². The van der Waals surface area contributed by atoms with Crippen LogP contribution in [0.4, 0.5) is 16.0 Å². The molecule has 1 fully saturated rings. The van der Waals surface area contributed by atoms with E-state index in [1.165, 1.54) is 18.5 Å². The summed E-state index contributed by atoms with van der Waals surface area (Å²) >= 11 is 0. The monoisotopic (exact) mass is 290 g/mol. The van der Waals surface area contributed by atoms with Crippen LogP contribution < -0.4 is 4.90 Å². The average Bonchev–Trinajstić information content (AvgIpc) is 3.04. The minimum absolute atomic E-state index is 0.127. The molecule has 1 atom stereocenters. The first-order valence-corrected chi connectivity index (χ1v) is 6.72. The lowest BCUT2D eigenvalue weighted by Gasteiger charge is -2.17. The summed E-state index contributed by atoms with van der Waals surface area (Å²) in [7, 11) is 1.74. The molecule has 7 heteroatoms. The van der Waals surface area contributed by atoms with Crippen molar-refractivity contribution >= 4 is 11.6 Å². The van der Waals surface area contributed by atoms with Gasteiger partial charge in [-0.15, -0.1) is 0 Å². The number of anilines is 1. The lowest BCUT2D eigenvalue weighted by Crippen LogP contribution is -2.22. The number of imidazole rings is 1. The van der Waals surface area contributed by atoms with Gasteiger partial charge in [-0.3, -0.25) is 4.57 Å². The predicted molar refractivity (Wildman–Crippen MR) is 75.8 cm³/mol. The Morgan fingerprint density at radius 3 is 3.00 bits per heavy atom. The maximum absolute atomic E-state index is 13.3. The van der Waals surface area contributed by atoms with Crippen LogP contribution in [-0.4, -0.2) is 27.6 Å². The van der Waals surface area contributed by atoms with Gasteiger partial charge < -0.3 is 15.0 Å². The highest BCUT2D eigenvalue weighted by Crippen LogP contribution is 2.34. The van der Waals surface area contributed by atoms with Crippen molar-refractivity contribution in [3.63, 3.8) is 0 Å². The van der Waals surface area contributed by atoms with Gasteiger partial charge in [-0.1, -0.05) is 12.1 Å². The highest BCUT2D eigenvalue weighted by Gasteiger charge is 2.32. The molecule has 1 aromatic carbocycles. The smallest absolute Gasteiger partial charge is 0.358 e. The van der Waals surface area contributed by atoms with E-state index in [2.05, 4.69) is 4.98 Å². The molecule has 0 bridgehead atoms. The first-order chi connectivity index (χ1) is 10.1. The van der Waals surface area contributed by atoms with E-state index < -0.39 is 4.92 Å². The van der Waals surface area contributed by atoms with E-state index in [1.54, 1.807) is 17.7 Å². The number of nitrogens with zero attached hydrogens (tertiary/aromatic N) is 4. The third kappa shape index (κ3) is 2.46. The fourth-order valence-corrected chi connectivity index (χ4v) is 2.89. The third-order valence-corrected chi connectivity index (χ3v) is 3.87. The zero-order valence-corrected chi connectivity index (χ0v) is 11.6. The summed E-state index contributed by atoms with van der Waals surface area (Å²) in [6.07, 6.45) is 2.29. The van der Waals surface area contributed by atoms with E-state index >= 15 is 0 Å². The number of hydrogen-bond acceptors (Lipinski definition) is 4. The molecule has 0 aliphatic carbocycles. The second kappa shape index (κ2) is 5.16. The molecule has 1 aliphatic heterocycles. The number of benzene rings is 1. The molecule has 0 amide bonds. The van der Waals surface area contributed by atoms with Gasteiger partial charge in [-0.25, -0.2) is 4.39 Å². The van der Waals surface area contributed by atoms with Crippen molar-refractivity contribution < 1.29 is 9.31 Å². The minimum Gasteiger partial charge on any atom is -0.358 e. The maximum Gasteiger partial charge on any atom is 0.406 e. The van der Waals surface area contributed by atoms with Crippen LogP contribution in [0.2, 0.25) is 0 Å². The fraction of sp³-hybridized carbons (Fsp3) is 0.357. The number of nitro groups is 1. The van der Waals surface area contributed by atoms with Crippen molar-refractivity contribution in [1.29, 1.82) is 0 Å². The van der Waals surface area contributed by atoms with E-state index in [0.29, 0.717) is 18.9 Å². The number of hydrogen-bond donors (Lipinski definition) is 0. The van der Waals surface area contributed by atoms with Crippen molar-refractivity contribution in [1.82, 2.24) is 9.55 Å². The average molecular weight is 290 g/mol. The highest BCUT2D eigenvalue weighted by atomic mass is 19.1. The van der Waals surface area contributed by atoms with Gasteiger partial charge in [0.05, 0.1) is 0 Å². The van der Waals surface area contributed by atoms with E-state index in [1.807, 2.05) is 11.0 Å². The van der Waals surface area contributed by atoms with Crippen LogP contribution in [0.15, 0.2) is 30.6 Å². The molecule has 2 aromatic rings. The molecule has 110 valence electrons. The van der Waals surface area contributed by atoms with Crippen molar-refractivity contribution in [3.8, 4) is 0 Å². The molecular weight excluding hydrogens is 275 g/mol. The second-order valence-corrected chi connectivity index (χ2v) is 5.25. The molecule has 0 spiro atoms. The maximum atomic E-state index is 13.3. The zero-order valence-electron chi connectivity index (χ0n) is 11.6. The number of rotatable bonds is 3. The standard InChI is InChI=1S/C14H15FN4O2/c1-17-9-16-13(19(20)21)14(17)18-6-5-11(8-18)10-3-2-4-12(15)7-10/h2-4,7,9,11H,5-6,8H2,1H3/t11-/m1/s1. The van der Waals surface area contributed by atoms with E-state index in [0.717, 1.165) is 12.0 Å². The molecule has 1 aromatic heterocycles. The molecule has 3 rings (SSSR count). The lowest BCUT2D eigenvalue weighted by atomic mass is 9.98. The topological polar surface area (TPSA) is 64.2 Å². The third-order valence-electron chi connectivity index (χ3n) is 3.87. The molecule has 21 heavy (non-hydrogen) atoms. The number of halogens is 1. The number of aromatic nitrogens is 2. The summed E-state index contributed by atoms with van der Waals surface area (Å²) in [5.74, 6) is 0.309. The number of aryl methyl sites for hydroxylation is 1. The minimum atomic E-state index is -0.467. The van der Waals surface area contributed by atoms with E-state index in [-0.39, 0.29) is 17.6 Å². The van der Waals surface area contributed by atoms with Gasteiger partial charge in [0.1, 0.15) is 5.82 Å². The molecule has 1 saturated heterocycles. The normalized spacial score (nSPS) is 18.2. The van der Waals surface area contributed by atoms with Crippen molar-refractivity contribution in [3.05, 3.63) is 52.1 Å². The molecular formula is C14H15FN4O2. The Hall–Kier alpha value is -2.44. The quantitative estimate of drug-likeness (QED) is 0.643. The van der Waals surface area contributed by atoms with Crippen LogP contribution in [0.25, 0.3) is 0 Å². The molecule has 0 radical (unpaired) electrons.